The Labute approximate surface area is 526 Å². The van der Waals surface area contributed by atoms with E-state index in [4.69, 9.17) is 56.8 Å². The minimum atomic E-state index is -2.24. The summed E-state index contributed by atoms with van der Waals surface area (Å²) in [5.41, 5.74) is -6.61. The zero-order chi connectivity index (χ0) is 67.4. The molecular formula is C59H89FO32. The highest BCUT2D eigenvalue weighted by atomic mass is 19.1. The summed E-state index contributed by atoms with van der Waals surface area (Å²) in [5, 5.41) is 175. The summed E-state index contributed by atoms with van der Waals surface area (Å²) in [6.45, 7) is 1.26. The molecule has 0 amide bonds. The molecule has 0 spiro atoms. The minimum Gasteiger partial charge on any atom is -0.465 e. The molecule has 0 aromatic rings. The number of alkyl halides is 1. The first kappa shape index (κ1) is 72.9. The molecule has 7 fully saturated rings. The number of aliphatic hydroxyl groups excluding tert-OH is 15. The van der Waals surface area contributed by atoms with Gasteiger partial charge >= 0.3 is 11.9 Å². The number of esters is 2. The highest BCUT2D eigenvalue weighted by molar-refractivity contribution is 5.94. The number of hydrogen-bond donors (Lipinski definition) is 16. The van der Waals surface area contributed by atoms with Crippen molar-refractivity contribution in [2.75, 3.05) is 53.4 Å². The summed E-state index contributed by atoms with van der Waals surface area (Å²) in [6, 6.07) is 0. The van der Waals surface area contributed by atoms with Crippen LogP contribution in [-0.4, -0.2) is 323 Å². The van der Waals surface area contributed by atoms with Crippen LogP contribution in [0, 0.1) is 34.5 Å². The molecule has 5 saturated heterocycles. The van der Waals surface area contributed by atoms with Crippen molar-refractivity contribution in [3.63, 3.8) is 0 Å². The molecule has 5 heterocycles. The third kappa shape index (κ3) is 13.5. The second kappa shape index (κ2) is 29.0. The fourth-order valence-corrected chi connectivity index (χ4v) is 15.1. The molecule has 0 aromatic heterocycles. The summed E-state index contributed by atoms with van der Waals surface area (Å²) < 4.78 is 84.7. The molecule has 0 bridgehead atoms. The third-order valence-corrected chi connectivity index (χ3v) is 20.8. The number of Topliss-reactive ketones (excluding diaryl/α,β-unsaturated/α-hetero) is 1. The molecule has 92 heavy (non-hydrogen) atoms. The number of hydrogen-bond acceptors (Lipinski definition) is 32. The van der Waals surface area contributed by atoms with Gasteiger partial charge in [0.2, 0.25) is 5.78 Å². The summed E-state index contributed by atoms with van der Waals surface area (Å²) in [5.74, 6) is -7.18. The van der Waals surface area contributed by atoms with Gasteiger partial charge in [0.05, 0.1) is 70.1 Å². The largest absolute Gasteiger partial charge is 0.465 e. The number of allylic oxidation sites excluding steroid dienone is 4. The van der Waals surface area contributed by atoms with Crippen LogP contribution < -0.4 is 0 Å². The van der Waals surface area contributed by atoms with Gasteiger partial charge in [-0.25, -0.2) is 4.39 Å². The van der Waals surface area contributed by atoms with E-state index in [1.807, 2.05) is 0 Å². The lowest BCUT2D eigenvalue weighted by Gasteiger charge is -2.62. The molecule has 0 aromatic carbocycles. The van der Waals surface area contributed by atoms with Gasteiger partial charge in [0.1, 0.15) is 122 Å². The van der Waals surface area contributed by atoms with Gasteiger partial charge in [0.25, 0.3) is 0 Å². The van der Waals surface area contributed by atoms with E-state index in [0.717, 1.165) is 0 Å². The smallest absolute Gasteiger partial charge is 0.306 e. The van der Waals surface area contributed by atoms with Gasteiger partial charge in [-0.2, -0.15) is 0 Å². The fraction of sp³-hybridized carbons (Fsp3) is 0.864. The van der Waals surface area contributed by atoms with E-state index in [-0.39, 0.29) is 38.1 Å². The monoisotopic (exact) mass is 1330 g/mol. The average Bonchev–Trinajstić information content (AvgIpc) is 1.38. The van der Waals surface area contributed by atoms with Gasteiger partial charge in [0.15, 0.2) is 43.2 Å². The maximum Gasteiger partial charge on any atom is 0.306 e. The number of aliphatic hydroxyl groups is 16. The molecule has 2 saturated carbocycles. The molecule has 16 N–H and O–H groups in total. The topological polar surface area (TPSA) is 503 Å². The van der Waals surface area contributed by atoms with E-state index in [2.05, 4.69) is 0 Å². The third-order valence-electron chi connectivity index (χ3n) is 20.8. The molecule has 33 heteroatoms. The van der Waals surface area contributed by atoms with Gasteiger partial charge in [0, 0.05) is 30.3 Å². The first-order valence-corrected chi connectivity index (χ1v) is 30.9. The Kier molecular flexibility index (Phi) is 23.0. The van der Waals surface area contributed by atoms with Crippen LogP contribution in [0.2, 0.25) is 0 Å². The van der Waals surface area contributed by atoms with Gasteiger partial charge in [-0.1, -0.05) is 31.6 Å². The van der Waals surface area contributed by atoms with Crippen LogP contribution >= 0.6 is 0 Å². The van der Waals surface area contributed by atoms with Crippen LogP contribution in [-0.2, 0) is 76.0 Å². The van der Waals surface area contributed by atoms with Crippen molar-refractivity contribution in [1.82, 2.24) is 0 Å². The second-order valence-corrected chi connectivity index (χ2v) is 26.3. The summed E-state index contributed by atoms with van der Waals surface area (Å²) in [7, 11) is 1.29. The highest BCUT2D eigenvalue weighted by Gasteiger charge is 2.75. The van der Waals surface area contributed by atoms with Crippen molar-refractivity contribution in [2.24, 2.45) is 34.5 Å². The molecule has 32 nitrogen and oxygen atoms in total. The number of carbonyl (C=O) groups excluding carboxylic acids is 4. The lowest BCUT2D eigenvalue weighted by atomic mass is 9.45. The zero-order valence-electron chi connectivity index (χ0n) is 51.2. The summed E-state index contributed by atoms with van der Waals surface area (Å²) >= 11 is 0. The quantitative estimate of drug-likeness (QED) is 0.0354. The van der Waals surface area contributed by atoms with E-state index < -0.39 is 269 Å². The molecule has 9 rings (SSSR count). The number of fused-ring (bicyclic) bond motifs is 5. The predicted octanol–water partition coefficient (Wildman–Crippen LogP) is -7.16. The lowest BCUT2D eigenvalue weighted by Crippen LogP contribution is -2.69. The molecule has 4 aliphatic carbocycles. The van der Waals surface area contributed by atoms with Crippen LogP contribution in [0.5, 0.6) is 0 Å². The van der Waals surface area contributed by atoms with Gasteiger partial charge in [-0.05, 0) is 51.0 Å². The maximum atomic E-state index is 17.7. The number of ether oxygens (including phenoxy) is 12. The first-order valence-electron chi connectivity index (χ1n) is 30.9. The molecule has 5 aliphatic heterocycles. The highest BCUT2D eigenvalue weighted by Crippen LogP contribution is 2.70. The van der Waals surface area contributed by atoms with Crippen molar-refractivity contribution in [1.29, 1.82) is 0 Å². The Hall–Kier alpha value is -3.35. The van der Waals surface area contributed by atoms with Crippen molar-refractivity contribution < 1.29 is 162 Å². The molecule has 33 atom stereocenters. The number of rotatable bonds is 22. The fourth-order valence-electron chi connectivity index (χ4n) is 15.1. The van der Waals surface area contributed by atoms with Crippen LogP contribution in [0.25, 0.3) is 0 Å². The molecular weight excluding hydrogens is 1240 g/mol. The lowest BCUT2D eigenvalue weighted by molar-refractivity contribution is -0.346. The van der Waals surface area contributed by atoms with Crippen molar-refractivity contribution in [3.05, 3.63) is 23.8 Å². The van der Waals surface area contributed by atoms with Gasteiger partial charge < -0.3 is 139 Å². The Morgan fingerprint density at radius 1 is 0.554 bits per heavy atom. The van der Waals surface area contributed by atoms with Crippen LogP contribution in [0.4, 0.5) is 4.39 Å². The van der Waals surface area contributed by atoms with E-state index in [0.29, 0.717) is 5.57 Å². The van der Waals surface area contributed by atoms with Crippen LogP contribution in [0.15, 0.2) is 23.8 Å². The Balaban J connectivity index is 0.830. The van der Waals surface area contributed by atoms with Gasteiger partial charge in [-0.15, -0.1) is 0 Å². The van der Waals surface area contributed by atoms with Crippen molar-refractivity contribution in [2.45, 2.75) is 231 Å². The first-order chi connectivity index (χ1) is 43.2. The van der Waals surface area contributed by atoms with E-state index >= 15 is 4.39 Å². The Bertz CT molecular complexity index is 2640. The van der Waals surface area contributed by atoms with Gasteiger partial charge in [-0.3, -0.25) is 19.2 Å². The van der Waals surface area contributed by atoms with E-state index in [9.17, 15) is 101 Å². The number of halogens is 1. The second-order valence-electron chi connectivity index (χ2n) is 26.3. The number of carbonyl (C=O) groups is 4. The number of methoxy groups -OCH3 is 1. The predicted molar refractivity (Wildman–Crippen MR) is 296 cm³/mol. The van der Waals surface area contributed by atoms with Crippen LogP contribution in [0.3, 0.4) is 0 Å². The van der Waals surface area contributed by atoms with Crippen molar-refractivity contribution in [3.8, 4) is 0 Å². The number of ketones is 2. The molecule has 9 aliphatic rings. The Morgan fingerprint density at radius 3 is 1.49 bits per heavy atom. The standard InChI is InChI=1S/C59H89FO32/c1-22-12-28-27-7-6-24-13-25(61)10-11-56(24,3)58(27,60)34(62)14-57(28,4)59(22,80)35(63)21-83-37(65)9-8-36(64)82-15-26-39(67)40(68)31(19-86-55-51(79)48(76)44(72)33(92-55)20-87-53-49(77)46(74)41(69)29(90-53)16-81-5)89-52(26)84-18-32-43(71)47(75)50(78)54(91-32)85-17-30-42(70)45(73)38(66)23(2)88-30/h6,10-11,22-23,26-34,38-55,62,66-80H,7-9,12-21H2,1-5H3/t22-,23?,26?,27?,28?,29?,30?,31?,32?,33?,34?,38?,39?,40?,41?,42?,43?,44?,45?,46?,47?,48?,49?,50?,51?,52?,53?,54?,55?,56?,57?,58+,59+/m1/s1. The zero-order valence-corrected chi connectivity index (χ0v) is 51.2. The SMILES string of the molecule is COCC1OC(OCC2OC(OCC3OC(OCC4OC(OCC5OC(C)C(O)C(O)C5O)C(O)C(O)C4O)C(COC(=O)CCC(=O)OCC(=O)[C@@]4(O)[C@H](C)CC5C6CC=C7CC(=O)C=CC7(C)[C@@]6(F)C(O)CC54C)C(O)C3O)C(O)C(O)C2O)C(O)C(O)C1O. The minimum absolute atomic E-state index is 0.00406. The summed E-state index contributed by atoms with van der Waals surface area (Å²) in [4.78, 5) is 52.9. The molecule has 30 unspecified atom stereocenters. The normalized spacial score (nSPS) is 49.4. The molecule has 524 valence electrons. The summed E-state index contributed by atoms with van der Waals surface area (Å²) in [6.07, 6.45) is -39.7. The Morgan fingerprint density at radius 2 is 0.989 bits per heavy atom. The van der Waals surface area contributed by atoms with E-state index in [1.54, 1.807) is 26.8 Å². The van der Waals surface area contributed by atoms with Crippen molar-refractivity contribution >= 4 is 23.5 Å². The van der Waals surface area contributed by atoms with Crippen LogP contribution in [0.1, 0.15) is 66.2 Å². The average molecular weight is 1330 g/mol. The molecule has 0 radical (unpaired) electrons. The maximum absolute atomic E-state index is 17.7. The van der Waals surface area contributed by atoms with E-state index in [1.165, 1.54) is 26.2 Å².